The topological polar surface area (TPSA) is 46.9 Å². The van der Waals surface area contributed by atoms with Gasteiger partial charge in [0.15, 0.2) is 11.5 Å². The van der Waals surface area contributed by atoms with Crippen LogP contribution in [0.25, 0.3) is 5.69 Å². The SMILES string of the molecule is O=C(NCCc1ccccc1)c1nn(-c2ccc(F)cc2F)c2c1[C@@H]1CC[C@@H]2C1. The molecule has 6 heteroatoms. The van der Waals surface area contributed by atoms with Crippen molar-refractivity contribution in [3.05, 3.63) is 82.7 Å². The summed E-state index contributed by atoms with van der Waals surface area (Å²) in [5.41, 5.74) is 3.58. The summed E-state index contributed by atoms with van der Waals surface area (Å²) in [6.45, 7) is 0.503. The van der Waals surface area contributed by atoms with Crippen molar-refractivity contribution in [2.45, 2.75) is 37.5 Å². The first-order valence-corrected chi connectivity index (χ1v) is 10.0. The first-order chi connectivity index (χ1) is 14.1. The van der Waals surface area contributed by atoms with Crippen LogP contribution in [-0.4, -0.2) is 22.2 Å². The Morgan fingerprint density at radius 2 is 1.90 bits per heavy atom. The van der Waals surface area contributed by atoms with Crippen molar-refractivity contribution in [1.29, 1.82) is 0 Å². The quantitative estimate of drug-likeness (QED) is 0.694. The van der Waals surface area contributed by atoms with Gasteiger partial charge in [-0.3, -0.25) is 4.79 Å². The molecule has 4 nitrogen and oxygen atoms in total. The Morgan fingerprint density at radius 3 is 2.69 bits per heavy atom. The van der Waals surface area contributed by atoms with Crippen molar-refractivity contribution in [1.82, 2.24) is 15.1 Å². The second kappa shape index (κ2) is 7.10. The maximum Gasteiger partial charge on any atom is 0.272 e. The summed E-state index contributed by atoms with van der Waals surface area (Å²) in [5, 5.41) is 7.46. The molecule has 2 aliphatic rings. The summed E-state index contributed by atoms with van der Waals surface area (Å²) in [6, 6.07) is 13.4. The van der Waals surface area contributed by atoms with Crippen LogP contribution < -0.4 is 5.32 Å². The molecule has 1 fully saturated rings. The van der Waals surface area contributed by atoms with E-state index in [2.05, 4.69) is 10.4 Å². The van der Waals surface area contributed by atoms with E-state index in [1.54, 1.807) is 0 Å². The fourth-order valence-corrected chi connectivity index (χ4v) is 4.78. The van der Waals surface area contributed by atoms with E-state index in [0.717, 1.165) is 48.6 Å². The molecule has 0 spiro atoms. The van der Waals surface area contributed by atoms with Crippen LogP contribution in [0.3, 0.4) is 0 Å². The van der Waals surface area contributed by atoms with Gasteiger partial charge in [-0.2, -0.15) is 5.10 Å². The third-order valence-corrected chi connectivity index (χ3v) is 6.08. The highest BCUT2D eigenvalue weighted by atomic mass is 19.1. The number of aromatic nitrogens is 2. The second-order valence-corrected chi connectivity index (χ2v) is 7.85. The van der Waals surface area contributed by atoms with Gasteiger partial charge in [-0.15, -0.1) is 0 Å². The number of nitrogens with zero attached hydrogens (tertiary/aromatic N) is 2. The van der Waals surface area contributed by atoms with Gasteiger partial charge >= 0.3 is 0 Å². The molecule has 2 atom stereocenters. The Balaban J connectivity index is 1.45. The minimum atomic E-state index is -0.672. The molecule has 1 N–H and O–H groups in total. The van der Waals surface area contributed by atoms with Crippen LogP contribution in [-0.2, 0) is 6.42 Å². The lowest BCUT2D eigenvalue weighted by Gasteiger charge is -2.14. The van der Waals surface area contributed by atoms with Crippen molar-refractivity contribution in [3.63, 3.8) is 0 Å². The maximum absolute atomic E-state index is 14.4. The van der Waals surface area contributed by atoms with Crippen molar-refractivity contribution >= 4 is 5.91 Å². The number of benzene rings is 2. The average Bonchev–Trinajstić information content (AvgIpc) is 3.42. The molecule has 2 aromatic carbocycles. The standard InChI is InChI=1S/C23H21F2N3O/c24-17-8-9-19(18(25)13-17)28-22-16-7-6-15(12-16)20(22)21(27-28)23(29)26-11-10-14-4-2-1-3-5-14/h1-5,8-9,13,15-16H,6-7,10-12H2,(H,26,29)/t15-,16-/m1/s1. The Labute approximate surface area is 167 Å². The summed E-state index contributed by atoms with van der Waals surface area (Å²) in [6.07, 6.45) is 3.75. The summed E-state index contributed by atoms with van der Waals surface area (Å²) < 4.78 is 29.3. The van der Waals surface area contributed by atoms with Crippen LogP contribution in [0, 0.1) is 11.6 Å². The minimum absolute atomic E-state index is 0.193. The molecule has 0 radical (unpaired) electrons. The highest BCUT2D eigenvalue weighted by Crippen LogP contribution is 2.54. The second-order valence-electron chi connectivity index (χ2n) is 7.85. The maximum atomic E-state index is 14.4. The molecule has 1 saturated carbocycles. The van der Waals surface area contributed by atoms with Gasteiger partial charge in [0, 0.05) is 24.1 Å². The molecule has 2 aliphatic carbocycles. The molecular formula is C23H21F2N3O. The van der Waals surface area contributed by atoms with Crippen LogP contribution >= 0.6 is 0 Å². The molecule has 1 heterocycles. The third kappa shape index (κ3) is 3.12. The van der Waals surface area contributed by atoms with E-state index >= 15 is 0 Å². The van der Waals surface area contributed by atoms with Crippen LogP contribution in [0.2, 0.25) is 0 Å². The smallest absolute Gasteiger partial charge is 0.272 e. The molecule has 0 aliphatic heterocycles. The van der Waals surface area contributed by atoms with E-state index in [0.29, 0.717) is 18.2 Å². The van der Waals surface area contributed by atoms with E-state index in [1.807, 2.05) is 30.3 Å². The fraction of sp³-hybridized carbons (Fsp3) is 0.304. The zero-order chi connectivity index (χ0) is 20.0. The Hall–Kier alpha value is -3.02. The molecule has 0 saturated heterocycles. The van der Waals surface area contributed by atoms with E-state index in [-0.39, 0.29) is 17.5 Å². The van der Waals surface area contributed by atoms with Gasteiger partial charge in [0.05, 0.1) is 5.69 Å². The van der Waals surface area contributed by atoms with Gasteiger partial charge in [-0.05, 0) is 49.3 Å². The molecular weight excluding hydrogens is 372 g/mol. The van der Waals surface area contributed by atoms with Gasteiger partial charge < -0.3 is 5.32 Å². The van der Waals surface area contributed by atoms with Gasteiger partial charge in [-0.1, -0.05) is 30.3 Å². The molecule has 148 valence electrons. The van der Waals surface area contributed by atoms with Gasteiger partial charge in [0.25, 0.3) is 5.91 Å². The van der Waals surface area contributed by atoms with E-state index < -0.39 is 11.6 Å². The first-order valence-electron chi connectivity index (χ1n) is 10.0. The average molecular weight is 393 g/mol. The Kier molecular flexibility index (Phi) is 4.42. The summed E-state index contributed by atoms with van der Waals surface area (Å²) in [4.78, 5) is 12.9. The summed E-state index contributed by atoms with van der Waals surface area (Å²) in [5.74, 6) is -0.962. The molecule has 2 bridgehead atoms. The highest BCUT2D eigenvalue weighted by molar-refractivity contribution is 5.94. The van der Waals surface area contributed by atoms with Gasteiger partial charge in [0.1, 0.15) is 11.5 Å². The fourth-order valence-electron chi connectivity index (χ4n) is 4.78. The first kappa shape index (κ1) is 18.0. The molecule has 29 heavy (non-hydrogen) atoms. The van der Waals surface area contributed by atoms with Crippen LogP contribution in [0.15, 0.2) is 48.5 Å². The number of carbonyl (C=O) groups is 1. The van der Waals surface area contributed by atoms with Crippen molar-refractivity contribution in [2.75, 3.05) is 6.54 Å². The number of nitrogens with one attached hydrogen (secondary N) is 1. The lowest BCUT2D eigenvalue weighted by atomic mass is 9.95. The predicted molar refractivity (Wildman–Crippen MR) is 105 cm³/mol. The van der Waals surface area contributed by atoms with Gasteiger partial charge in [0.2, 0.25) is 0 Å². The summed E-state index contributed by atoms with van der Waals surface area (Å²) >= 11 is 0. The van der Waals surface area contributed by atoms with E-state index in [9.17, 15) is 13.6 Å². The Bertz CT molecular complexity index is 1080. The Morgan fingerprint density at radius 1 is 1.10 bits per heavy atom. The zero-order valence-electron chi connectivity index (χ0n) is 15.9. The van der Waals surface area contributed by atoms with Crippen molar-refractivity contribution < 1.29 is 13.6 Å². The van der Waals surface area contributed by atoms with E-state index in [4.69, 9.17) is 0 Å². The van der Waals surface area contributed by atoms with Gasteiger partial charge in [-0.25, -0.2) is 13.5 Å². The normalized spacial score (nSPS) is 19.4. The highest BCUT2D eigenvalue weighted by Gasteiger charge is 2.44. The summed E-state index contributed by atoms with van der Waals surface area (Å²) in [7, 11) is 0. The van der Waals surface area contributed by atoms with Crippen LogP contribution in [0.4, 0.5) is 8.78 Å². The number of rotatable bonds is 5. The van der Waals surface area contributed by atoms with Crippen LogP contribution in [0.1, 0.15) is 58.4 Å². The third-order valence-electron chi connectivity index (χ3n) is 6.08. The molecule has 3 aromatic rings. The largest absolute Gasteiger partial charge is 0.350 e. The monoisotopic (exact) mass is 393 g/mol. The van der Waals surface area contributed by atoms with Crippen molar-refractivity contribution in [2.24, 2.45) is 0 Å². The molecule has 1 aromatic heterocycles. The van der Waals surface area contributed by atoms with Crippen LogP contribution in [0.5, 0.6) is 0 Å². The zero-order valence-corrected chi connectivity index (χ0v) is 15.9. The number of carbonyl (C=O) groups excluding carboxylic acids is 1. The molecule has 0 unspecified atom stereocenters. The number of fused-ring (bicyclic) bond motifs is 5. The number of hydrogen-bond donors (Lipinski definition) is 1. The van der Waals surface area contributed by atoms with Crippen molar-refractivity contribution in [3.8, 4) is 5.69 Å². The predicted octanol–water partition coefficient (Wildman–Crippen LogP) is 4.49. The lowest BCUT2D eigenvalue weighted by Crippen LogP contribution is -2.27. The molecule has 5 rings (SSSR count). The molecule has 1 amide bonds. The van der Waals surface area contributed by atoms with E-state index in [1.165, 1.54) is 16.8 Å². The minimum Gasteiger partial charge on any atom is -0.350 e. The lowest BCUT2D eigenvalue weighted by molar-refractivity contribution is 0.0947. The number of halogens is 2. The number of amides is 1. The number of hydrogen-bond acceptors (Lipinski definition) is 2.